The van der Waals surface area contributed by atoms with Gasteiger partial charge in [0.05, 0.1) is 17.5 Å². The standard InChI is InChI=1S/C26H33N5O2S/c1-19-8-5-6-10-24(19)31-20(2)27-28-26(31)34-18-25(32)30(17-23-9-7-15-33-23)16-21-11-13-22(14-12-21)29(3)4/h5-6,8,10-14,23H,7,9,15-18H2,1-4H3. The fourth-order valence-electron chi connectivity index (χ4n) is 4.15. The summed E-state index contributed by atoms with van der Waals surface area (Å²) in [6.07, 6.45) is 2.16. The van der Waals surface area contributed by atoms with Gasteiger partial charge in [0.2, 0.25) is 5.91 Å². The van der Waals surface area contributed by atoms with E-state index in [1.54, 1.807) is 0 Å². The second kappa shape index (κ2) is 11.1. The molecule has 0 saturated carbocycles. The molecule has 0 spiro atoms. The molecule has 180 valence electrons. The van der Waals surface area contributed by atoms with Gasteiger partial charge in [-0.1, -0.05) is 42.1 Å². The molecule has 1 aliphatic rings. The summed E-state index contributed by atoms with van der Waals surface area (Å²) >= 11 is 1.43. The molecule has 1 unspecified atom stereocenters. The van der Waals surface area contributed by atoms with Crippen molar-refractivity contribution in [3.8, 4) is 5.69 Å². The lowest BCUT2D eigenvalue weighted by atomic mass is 10.1. The van der Waals surface area contributed by atoms with E-state index in [9.17, 15) is 4.79 Å². The molecule has 1 fully saturated rings. The molecule has 1 atom stereocenters. The van der Waals surface area contributed by atoms with Gasteiger partial charge in [0.15, 0.2) is 5.16 Å². The predicted octanol–water partition coefficient (Wildman–Crippen LogP) is 4.25. The first-order valence-electron chi connectivity index (χ1n) is 11.7. The number of aromatic nitrogens is 3. The molecule has 3 aromatic rings. The highest BCUT2D eigenvalue weighted by Crippen LogP contribution is 2.25. The van der Waals surface area contributed by atoms with Gasteiger partial charge in [0, 0.05) is 39.5 Å². The zero-order chi connectivity index (χ0) is 24.1. The number of aryl methyl sites for hydroxylation is 2. The van der Waals surface area contributed by atoms with Crippen LogP contribution in [0.25, 0.3) is 5.69 Å². The molecule has 0 aliphatic carbocycles. The fourth-order valence-corrected chi connectivity index (χ4v) is 5.05. The van der Waals surface area contributed by atoms with Crippen LogP contribution < -0.4 is 4.90 Å². The number of para-hydroxylation sites is 1. The molecule has 7 nitrogen and oxygen atoms in total. The van der Waals surface area contributed by atoms with Crippen molar-refractivity contribution in [2.75, 3.05) is 37.9 Å². The fraction of sp³-hybridized carbons (Fsp3) is 0.423. The molecular weight excluding hydrogens is 446 g/mol. The molecular formula is C26H33N5O2S. The summed E-state index contributed by atoms with van der Waals surface area (Å²) in [6, 6.07) is 16.5. The Bertz CT molecular complexity index is 1110. The third-order valence-corrected chi connectivity index (χ3v) is 7.02. The maximum atomic E-state index is 13.4. The monoisotopic (exact) mass is 479 g/mol. The predicted molar refractivity (Wildman–Crippen MR) is 137 cm³/mol. The van der Waals surface area contributed by atoms with Crippen molar-refractivity contribution in [2.24, 2.45) is 0 Å². The van der Waals surface area contributed by atoms with Crippen LogP contribution in [0.5, 0.6) is 0 Å². The van der Waals surface area contributed by atoms with Gasteiger partial charge in [-0.15, -0.1) is 10.2 Å². The highest BCUT2D eigenvalue weighted by Gasteiger charge is 2.24. The van der Waals surface area contributed by atoms with Crippen LogP contribution in [-0.2, 0) is 16.1 Å². The van der Waals surface area contributed by atoms with Crippen molar-refractivity contribution < 1.29 is 9.53 Å². The SMILES string of the molecule is Cc1ccccc1-n1c(C)nnc1SCC(=O)N(Cc1ccc(N(C)C)cc1)CC1CCCO1. The molecule has 1 aromatic heterocycles. The van der Waals surface area contributed by atoms with Gasteiger partial charge >= 0.3 is 0 Å². The highest BCUT2D eigenvalue weighted by molar-refractivity contribution is 7.99. The van der Waals surface area contributed by atoms with Crippen LogP contribution in [0.4, 0.5) is 5.69 Å². The minimum Gasteiger partial charge on any atom is -0.378 e. The molecule has 2 aromatic carbocycles. The summed E-state index contributed by atoms with van der Waals surface area (Å²) in [4.78, 5) is 17.4. The van der Waals surface area contributed by atoms with E-state index in [2.05, 4.69) is 58.4 Å². The molecule has 2 heterocycles. The number of nitrogens with zero attached hydrogens (tertiary/aromatic N) is 5. The molecule has 1 saturated heterocycles. The first-order valence-corrected chi connectivity index (χ1v) is 12.7. The lowest BCUT2D eigenvalue weighted by Gasteiger charge is -2.26. The molecule has 8 heteroatoms. The van der Waals surface area contributed by atoms with Crippen LogP contribution in [0.15, 0.2) is 53.7 Å². The molecule has 0 radical (unpaired) electrons. The third-order valence-electron chi connectivity index (χ3n) is 6.10. The summed E-state index contributed by atoms with van der Waals surface area (Å²) in [7, 11) is 4.05. The Labute approximate surface area is 206 Å². The topological polar surface area (TPSA) is 63.5 Å². The summed E-state index contributed by atoms with van der Waals surface area (Å²) in [6.45, 7) is 5.96. The Morgan fingerprint density at radius 3 is 2.56 bits per heavy atom. The number of amides is 1. The second-order valence-electron chi connectivity index (χ2n) is 8.91. The summed E-state index contributed by atoms with van der Waals surface area (Å²) in [5.41, 5.74) is 4.43. The maximum absolute atomic E-state index is 13.4. The first-order chi connectivity index (χ1) is 16.4. The van der Waals surface area contributed by atoms with Gasteiger partial charge < -0.3 is 14.5 Å². The van der Waals surface area contributed by atoms with E-state index in [1.165, 1.54) is 11.8 Å². The third kappa shape index (κ3) is 5.80. The molecule has 34 heavy (non-hydrogen) atoms. The molecule has 0 N–H and O–H groups in total. The first kappa shape index (κ1) is 24.3. The van der Waals surface area contributed by atoms with E-state index in [0.717, 1.165) is 52.9 Å². The van der Waals surface area contributed by atoms with E-state index >= 15 is 0 Å². The number of carbonyl (C=O) groups is 1. The average molecular weight is 480 g/mol. The second-order valence-corrected chi connectivity index (χ2v) is 9.85. The Balaban J connectivity index is 1.48. The van der Waals surface area contributed by atoms with Crippen LogP contribution in [0.1, 0.15) is 29.8 Å². The van der Waals surface area contributed by atoms with E-state index in [0.29, 0.717) is 18.8 Å². The summed E-state index contributed by atoms with van der Waals surface area (Å²) < 4.78 is 7.87. The van der Waals surface area contributed by atoms with Gasteiger partial charge in [-0.2, -0.15) is 0 Å². The normalized spacial score (nSPS) is 15.5. The Morgan fingerprint density at radius 1 is 1.12 bits per heavy atom. The van der Waals surface area contributed by atoms with Crippen molar-refractivity contribution >= 4 is 23.4 Å². The van der Waals surface area contributed by atoms with Crippen molar-refractivity contribution in [3.05, 3.63) is 65.5 Å². The highest BCUT2D eigenvalue weighted by atomic mass is 32.2. The smallest absolute Gasteiger partial charge is 0.233 e. The maximum Gasteiger partial charge on any atom is 0.233 e. The number of benzene rings is 2. The minimum atomic E-state index is 0.0779. The van der Waals surface area contributed by atoms with Crippen molar-refractivity contribution in [3.63, 3.8) is 0 Å². The van der Waals surface area contributed by atoms with Gasteiger partial charge in [0.25, 0.3) is 0 Å². The van der Waals surface area contributed by atoms with E-state index in [-0.39, 0.29) is 12.0 Å². The van der Waals surface area contributed by atoms with Crippen LogP contribution in [0.2, 0.25) is 0 Å². The number of thioether (sulfide) groups is 1. The van der Waals surface area contributed by atoms with Crippen LogP contribution in [0.3, 0.4) is 0 Å². The van der Waals surface area contributed by atoms with Crippen LogP contribution >= 0.6 is 11.8 Å². The van der Waals surface area contributed by atoms with Crippen molar-refractivity contribution in [1.29, 1.82) is 0 Å². The Kier molecular flexibility index (Phi) is 7.90. The average Bonchev–Trinajstić information content (AvgIpc) is 3.47. The van der Waals surface area contributed by atoms with Crippen LogP contribution in [-0.4, -0.2) is 64.7 Å². The van der Waals surface area contributed by atoms with Gasteiger partial charge in [-0.3, -0.25) is 9.36 Å². The molecule has 0 bridgehead atoms. The van der Waals surface area contributed by atoms with Gasteiger partial charge in [-0.25, -0.2) is 0 Å². The quantitative estimate of drug-likeness (QED) is 0.428. The lowest BCUT2D eigenvalue weighted by Crippen LogP contribution is -2.38. The molecule has 1 aliphatic heterocycles. The number of rotatable bonds is 9. The minimum absolute atomic E-state index is 0.0779. The largest absolute Gasteiger partial charge is 0.378 e. The number of carbonyl (C=O) groups excluding carboxylic acids is 1. The lowest BCUT2D eigenvalue weighted by molar-refractivity contribution is -0.130. The van der Waals surface area contributed by atoms with E-state index < -0.39 is 0 Å². The van der Waals surface area contributed by atoms with E-state index in [1.807, 2.05) is 42.6 Å². The molecule has 1 amide bonds. The zero-order valence-corrected chi connectivity index (χ0v) is 21.2. The summed E-state index contributed by atoms with van der Waals surface area (Å²) in [5, 5.41) is 9.36. The number of hydrogen-bond donors (Lipinski definition) is 0. The number of anilines is 1. The van der Waals surface area contributed by atoms with Crippen molar-refractivity contribution in [1.82, 2.24) is 19.7 Å². The van der Waals surface area contributed by atoms with Gasteiger partial charge in [-0.05, 0) is 56.0 Å². The molecule has 4 rings (SSSR count). The van der Waals surface area contributed by atoms with E-state index in [4.69, 9.17) is 4.74 Å². The Hall–Kier alpha value is -2.84. The number of ether oxygens (including phenoxy) is 1. The van der Waals surface area contributed by atoms with Crippen LogP contribution in [0, 0.1) is 13.8 Å². The Morgan fingerprint density at radius 2 is 1.88 bits per heavy atom. The summed E-state index contributed by atoms with van der Waals surface area (Å²) in [5.74, 6) is 1.18. The van der Waals surface area contributed by atoms with Crippen molar-refractivity contribution in [2.45, 2.75) is 44.5 Å². The van der Waals surface area contributed by atoms with Gasteiger partial charge in [0.1, 0.15) is 5.82 Å². The number of hydrogen-bond acceptors (Lipinski definition) is 6. The zero-order valence-electron chi connectivity index (χ0n) is 20.4.